The number of halogens is 1. The molecule has 9 heteroatoms. The summed E-state index contributed by atoms with van der Waals surface area (Å²) in [5.41, 5.74) is 5.58. The molecule has 3 aromatic carbocycles. The quantitative estimate of drug-likeness (QED) is 0.373. The van der Waals surface area contributed by atoms with Crippen molar-refractivity contribution in [1.82, 2.24) is 9.80 Å². The summed E-state index contributed by atoms with van der Waals surface area (Å²) in [7, 11) is 0. The Morgan fingerprint density at radius 3 is 1.95 bits per heavy atom. The van der Waals surface area contributed by atoms with Gasteiger partial charge in [-0.15, -0.1) is 0 Å². The highest BCUT2D eigenvalue weighted by Gasteiger charge is 2.27. The number of nitrogens with zero attached hydrogens (tertiary/aromatic N) is 4. The second kappa shape index (κ2) is 12.6. The van der Waals surface area contributed by atoms with Crippen LogP contribution in [0.5, 0.6) is 0 Å². The number of rotatable bonds is 6. The summed E-state index contributed by atoms with van der Waals surface area (Å²) in [6.45, 7) is 12.8. The van der Waals surface area contributed by atoms with Gasteiger partial charge >= 0.3 is 12.1 Å². The molecule has 2 fully saturated rings. The van der Waals surface area contributed by atoms with Crippen LogP contribution in [0.25, 0.3) is 11.1 Å². The predicted octanol–water partition coefficient (Wildman–Crippen LogP) is 6.08. The molecular weight excluding hydrogens is 552 g/mol. The van der Waals surface area contributed by atoms with Crippen LogP contribution in [0.2, 0.25) is 5.02 Å². The second-order valence-corrected chi connectivity index (χ2v) is 12.4. The summed E-state index contributed by atoms with van der Waals surface area (Å²) in [5.74, 6) is -0.907. The molecule has 5 rings (SSSR count). The average molecular weight is 591 g/mol. The molecular formula is C33H39ClN4O4. The number of carbonyl (C=O) groups is 2. The highest BCUT2D eigenvalue weighted by molar-refractivity contribution is 6.30. The molecule has 0 saturated carbocycles. The number of benzene rings is 3. The molecule has 8 nitrogen and oxygen atoms in total. The van der Waals surface area contributed by atoms with E-state index in [-0.39, 0.29) is 6.09 Å². The van der Waals surface area contributed by atoms with Crippen LogP contribution in [0.15, 0.2) is 66.7 Å². The summed E-state index contributed by atoms with van der Waals surface area (Å²) in [6.07, 6.45) is -0.252. The van der Waals surface area contributed by atoms with Gasteiger partial charge in [-0.1, -0.05) is 29.8 Å². The van der Waals surface area contributed by atoms with Crippen molar-refractivity contribution in [3.8, 4) is 11.1 Å². The number of amides is 1. The van der Waals surface area contributed by atoms with Crippen LogP contribution >= 0.6 is 11.6 Å². The minimum Gasteiger partial charge on any atom is -0.478 e. The monoisotopic (exact) mass is 590 g/mol. The van der Waals surface area contributed by atoms with Crippen LogP contribution in [0.4, 0.5) is 16.2 Å². The minimum atomic E-state index is -0.907. The van der Waals surface area contributed by atoms with Gasteiger partial charge in [0, 0.05) is 75.3 Å². The Kier molecular flexibility index (Phi) is 8.94. The summed E-state index contributed by atoms with van der Waals surface area (Å²) in [4.78, 5) is 32.7. The highest BCUT2D eigenvalue weighted by Crippen LogP contribution is 2.31. The maximum Gasteiger partial charge on any atom is 0.410 e. The zero-order chi connectivity index (χ0) is 29.9. The third kappa shape index (κ3) is 7.36. The van der Waals surface area contributed by atoms with Crippen molar-refractivity contribution in [2.45, 2.75) is 32.9 Å². The Hall–Kier alpha value is -3.75. The van der Waals surface area contributed by atoms with Crippen LogP contribution in [0.3, 0.4) is 0 Å². The zero-order valence-corrected chi connectivity index (χ0v) is 25.3. The van der Waals surface area contributed by atoms with Crippen molar-refractivity contribution < 1.29 is 19.4 Å². The lowest BCUT2D eigenvalue weighted by Gasteiger charge is -2.38. The largest absolute Gasteiger partial charge is 0.478 e. The van der Waals surface area contributed by atoms with Crippen molar-refractivity contribution in [2.75, 3.05) is 62.2 Å². The minimum absolute atomic E-state index is 0.252. The Morgan fingerprint density at radius 2 is 1.36 bits per heavy atom. The lowest BCUT2D eigenvalue weighted by atomic mass is 9.98. The first-order chi connectivity index (χ1) is 20.1. The number of hydrogen-bond donors (Lipinski definition) is 1. The van der Waals surface area contributed by atoms with Crippen LogP contribution in [-0.4, -0.2) is 84.9 Å². The summed E-state index contributed by atoms with van der Waals surface area (Å²) in [6, 6.07) is 21.8. The van der Waals surface area contributed by atoms with Gasteiger partial charge in [0.25, 0.3) is 0 Å². The molecule has 0 radical (unpaired) electrons. The Bertz CT molecular complexity index is 1390. The zero-order valence-electron chi connectivity index (χ0n) is 24.6. The number of carboxylic acid groups (broad SMARTS) is 1. The molecule has 2 aliphatic heterocycles. The lowest BCUT2D eigenvalue weighted by Crippen LogP contribution is -2.50. The van der Waals surface area contributed by atoms with Crippen LogP contribution < -0.4 is 9.80 Å². The molecule has 0 atom stereocenters. The number of hydrogen-bond acceptors (Lipinski definition) is 6. The van der Waals surface area contributed by atoms with Crippen molar-refractivity contribution in [1.29, 1.82) is 0 Å². The third-order valence-corrected chi connectivity index (χ3v) is 8.04. The highest BCUT2D eigenvalue weighted by atomic mass is 35.5. The van der Waals surface area contributed by atoms with E-state index in [9.17, 15) is 14.7 Å². The molecule has 0 bridgehead atoms. The molecule has 1 N–H and O–H groups in total. The predicted molar refractivity (Wildman–Crippen MR) is 168 cm³/mol. The fourth-order valence-electron chi connectivity index (χ4n) is 5.51. The SMILES string of the molecule is CC(C)(C)OC(=O)N1CCN(c2ccc(-c3ccc(Cl)cc3)c(CN3CCN(c4ccc(C(=O)O)cc4)CC3)c2)CC1. The van der Waals surface area contributed by atoms with Gasteiger partial charge in [-0.25, -0.2) is 9.59 Å². The van der Waals surface area contributed by atoms with Gasteiger partial charge in [0.15, 0.2) is 0 Å². The molecule has 42 heavy (non-hydrogen) atoms. The molecule has 0 spiro atoms. The number of piperazine rings is 2. The van der Waals surface area contributed by atoms with E-state index in [0.717, 1.165) is 62.8 Å². The first-order valence-corrected chi connectivity index (χ1v) is 14.9. The van der Waals surface area contributed by atoms with Gasteiger partial charge in [0.2, 0.25) is 0 Å². The molecule has 2 aliphatic rings. The van der Waals surface area contributed by atoms with Crippen molar-refractivity contribution in [3.05, 3.63) is 82.9 Å². The lowest BCUT2D eigenvalue weighted by molar-refractivity contribution is 0.0240. The smallest absolute Gasteiger partial charge is 0.410 e. The first-order valence-electron chi connectivity index (χ1n) is 14.5. The second-order valence-electron chi connectivity index (χ2n) is 11.9. The van der Waals surface area contributed by atoms with E-state index in [1.54, 1.807) is 17.0 Å². The molecule has 222 valence electrons. The molecule has 0 aliphatic carbocycles. The molecule has 1 amide bonds. The molecule has 0 aromatic heterocycles. The Morgan fingerprint density at radius 1 is 0.786 bits per heavy atom. The number of aromatic carboxylic acids is 1. The average Bonchev–Trinajstić information content (AvgIpc) is 2.97. The van der Waals surface area contributed by atoms with Gasteiger partial charge in [0.05, 0.1) is 5.56 Å². The molecule has 2 heterocycles. The Balaban J connectivity index is 1.28. The van der Waals surface area contributed by atoms with E-state index in [1.807, 2.05) is 45.0 Å². The van der Waals surface area contributed by atoms with Gasteiger partial charge < -0.3 is 24.5 Å². The van der Waals surface area contributed by atoms with Crippen molar-refractivity contribution in [2.24, 2.45) is 0 Å². The van der Waals surface area contributed by atoms with E-state index in [4.69, 9.17) is 16.3 Å². The number of anilines is 2. The third-order valence-electron chi connectivity index (χ3n) is 7.79. The van der Waals surface area contributed by atoms with E-state index >= 15 is 0 Å². The summed E-state index contributed by atoms with van der Waals surface area (Å²) < 4.78 is 5.57. The number of carboxylic acids is 1. The van der Waals surface area contributed by atoms with Gasteiger partial charge in [0.1, 0.15) is 5.60 Å². The van der Waals surface area contributed by atoms with E-state index in [1.165, 1.54) is 11.1 Å². The van der Waals surface area contributed by atoms with Gasteiger partial charge in [-0.3, -0.25) is 4.90 Å². The Labute approximate surface area is 253 Å². The maximum absolute atomic E-state index is 12.6. The van der Waals surface area contributed by atoms with E-state index < -0.39 is 11.6 Å². The van der Waals surface area contributed by atoms with Crippen molar-refractivity contribution >= 4 is 35.0 Å². The summed E-state index contributed by atoms with van der Waals surface area (Å²) in [5, 5.41) is 9.92. The fraction of sp³-hybridized carbons (Fsp3) is 0.394. The van der Waals surface area contributed by atoms with Crippen LogP contribution in [0.1, 0.15) is 36.7 Å². The number of carbonyl (C=O) groups excluding carboxylic acids is 1. The van der Waals surface area contributed by atoms with Gasteiger partial charge in [-0.05, 0) is 86.0 Å². The normalized spacial score (nSPS) is 16.4. The first kappa shape index (κ1) is 29.7. The maximum atomic E-state index is 12.6. The molecule has 0 unspecified atom stereocenters. The van der Waals surface area contributed by atoms with Gasteiger partial charge in [-0.2, -0.15) is 0 Å². The van der Waals surface area contributed by atoms with Crippen LogP contribution in [-0.2, 0) is 11.3 Å². The topological polar surface area (TPSA) is 76.6 Å². The fourth-order valence-corrected chi connectivity index (χ4v) is 5.64. The van der Waals surface area contributed by atoms with Crippen LogP contribution in [0, 0.1) is 0 Å². The van der Waals surface area contributed by atoms with E-state index in [2.05, 4.69) is 45.0 Å². The molecule has 2 saturated heterocycles. The molecule has 3 aromatic rings. The summed E-state index contributed by atoms with van der Waals surface area (Å²) >= 11 is 6.19. The van der Waals surface area contributed by atoms with Crippen molar-refractivity contribution in [3.63, 3.8) is 0 Å². The standard InChI is InChI=1S/C33H39ClN4O4/c1-33(2,3)42-32(41)38-20-18-37(19-21-38)29-12-13-30(24-4-8-27(34)9-5-24)26(22-29)23-35-14-16-36(17-15-35)28-10-6-25(7-11-28)31(39)40/h4-13,22H,14-21,23H2,1-3H3,(H,39,40). The van der Waals surface area contributed by atoms with E-state index in [0.29, 0.717) is 23.7 Å². The number of ether oxygens (including phenoxy) is 1.